The first-order valence-electron chi connectivity index (χ1n) is 8.44. The van der Waals surface area contributed by atoms with Gasteiger partial charge in [-0.3, -0.25) is 4.79 Å². The number of carbonyl (C=O) groups excluding carboxylic acids is 1. The molecule has 2 rings (SSSR count). The number of benzene rings is 2. The van der Waals surface area contributed by atoms with Crippen molar-refractivity contribution in [1.29, 1.82) is 0 Å². The molecule has 6 nitrogen and oxygen atoms in total. The number of rotatable bonds is 8. The summed E-state index contributed by atoms with van der Waals surface area (Å²) < 4.78 is 96.2. The average molecular weight is 453 g/mol. The summed E-state index contributed by atoms with van der Waals surface area (Å²) in [5.74, 6) is -14.7. The van der Waals surface area contributed by atoms with Gasteiger partial charge in [0.1, 0.15) is 11.3 Å². The second-order valence-electron chi connectivity index (χ2n) is 6.35. The number of hydrogen-bond donors (Lipinski definition) is 1. The number of hydrogen-bond acceptors (Lipinski definition) is 5. The maximum Gasteiger partial charge on any atom is 0.514 e. The molecule has 164 valence electrons. The van der Waals surface area contributed by atoms with Crippen molar-refractivity contribution in [2.45, 2.75) is 26.3 Å². The molecule has 0 spiro atoms. The molecule has 0 aliphatic carbocycles. The molecule has 0 aromatic heterocycles. The van der Waals surface area contributed by atoms with Crippen LogP contribution >= 0.6 is 7.75 Å². The summed E-state index contributed by atoms with van der Waals surface area (Å²) in [6.07, 6.45) is 0. The lowest BCUT2D eigenvalue weighted by atomic mass is 10.1. The lowest BCUT2D eigenvalue weighted by Gasteiger charge is -2.29. The third kappa shape index (κ3) is 5.09. The highest BCUT2D eigenvalue weighted by molar-refractivity contribution is 7.52. The second kappa shape index (κ2) is 9.01. The molecule has 1 N–H and O–H groups in total. The van der Waals surface area contributed by atoms with Crippen molar-refractivity contribution in [3.05, 3.63) is 59.4 Å². The minimum absolute atomic E-state index is 0.0493. The molecule has 0 radical (unpaired) electrons. The highest BCUT2D eigenvalue weighted by Crippen LogP contribution is 2.48. The Hall–Kier alpha value is -2.65. The fourth-order valence-corrected chi connectivity index (χ4v) is 3.87. The molecule has 2 aromatic rings. The van der Waals surface area contributed by atoms with Crippen LogP contribution < -0.4 is 14.1 Å². The van der Waals surface area contributed by atoms with E-state index in [1.54, 1.807) is 6.07 Å². The SMILES string of the molecule is CCOC(=O)C(C)(C)NP(=O)(Oc1ccccc1)Oc1c(F)c(F)c(F)c(F)c1F. The van der Waals surface area contributed by atoms with Gasteiger partial charge in [-0.05, 0) is 32.9 Å². The lowest BCUT2D eigenvalue weighted by Crippen LogP contribution is -2.47. The maximum atomic E-state index is 14.0. The molecule has 0 aliphatic heterocycles. The Morgan fingerprint density at radius 2 is 1.43 bits per heavy atom. The lowest BCUT2D eigenvalue weighted by molar-refractivity contribution is -0.149. The van der Waals surface area contributed by atoms with Crippen LogP contribution in [0.15, 0.2) is 30.3 Å². The van der Waals surface area contributed by atoms with Crippen LogP contribution in [0.4, 0.5) is 22.0 Å². The first-order valence-corrected chi connectivity index (χ1v) is 9.98. The molecular formula is C18H17F5NO5P. The summed E-state index contributed by atoms with van der Waals surface area (Å²) in [5, 5.41) is 2.12. The summed E-state index contributed by atoms with van der Waals surface area (Å²) in [7, 11) is -4.96. The van der Waals surface area contributed by atoms with Crippen molar-refractivity contribution >= 4 is 13.7 Å². The smallest absolute Gasteiger partial charge is 0.465 e. The molecule has 0 aliphatic rings. The van der Waals surface area contributed by atoms with E-state index < -0.39 is 54.1 Å². The minimum atomic E-state index is -4.96. The van der Waals surface area contributed by atoms with Crippen LogP contribution in [0.25, 0.3) is 0 Å². The highest BCUT2D eigenvalue weighted by atomic mass is 31.2. The van der Waals surface area contributed by atoms with Gasteiger partial charge in [0.15, 0.2) is 0 Å². The van der Waals surface area contributed by atoms with Crippen LogP contribution in [0.3, 0.4) is 0 Å². The van der Waals surface area contributed by atoms with E-state index in [1.165, 1.54) is 45.0 Å². The Kier molecular flexibility index (Phi) is 7.10. The van der Waals surface area contributed by atoms with Gasteiger partial charge < -0.3 is 13.8 Å². The number of para-hydroxylation sites is 1. The van der Waals surface area contributed by atoms with E-state index in [1.807, 2.05) is 0 Å². The van der Waals surface area contributed by atoms with Crippen molar-refractivity contribution in [3.63, 3.8) is 0 Å². The molecular weight excluding hydrogens is 436 g/mol. The number of halogens is 5. The van der Waals surface area contributed by atoms with Gasteiger partial charge in [0, 0.05) is 0 Å². The van der Waals surface area contributed by atoms with E-state index in [0.29, 0.717) is 0 Å². The molecule has 0 heterocycles. The van der Waals surface area contributed by atoms with Crippen molar-refractivity contribution < 1.29 is 45.1 Å². The summed E-state index contributed by atoms with van der Waals surface area (Å²) in [6.45, 7) is 3.83. The normalized spacial score (nSPS) is 13.5. The topological polar surface area (TPSA) is 73.9 Å². The number of carbonyl (C=O) groups is 1. The molecule has 0 saturated carbocycles. The van der Waals surface area contributed by atoms with Crippen LogP contribution in [-0.4, -0.2) is 18.1 Å². The zero-order chi connectivity index (χ0) is 22.7. The highest BCUT2D eigenvalue weighted by Gasteiger charge is 2.43. The van der Waals surface area contributed by atoms with E-state index in [2.05, 4.69) is 9.61 Å². The third-order valence-corrected chi connectivity index (χ3v) is 5.26. The fourth-order valence-electron chi connectivity index (χ4n) is 2.17. The van der Waals surface area contributed by atoms with Crippen LogP contribution in [0.2, 0.25) is 0 Å². The van der Waals surface area contributed by atoms with E-state index >= 15 is 0 Å². The Bertz CT molecular complexity index is 958. The monoisotopic (exact) mass is 453 g/mol. The Balaban J connectivity index is 2.52. The van der Waals surface area contributed by atoms with Crippen LogP contribution in [0, 0.1) is 29.1 Å². The molecule has 30 heavy (non-hydrogen) atoms. The zero-order valence-corrected chi connectivity index (χ0v) is 16.9. The van der Waals surface area contributed by atoms with Crippen molar-refractivity contribution in [2.24, 2.45) is 0 Å². The summed E-state index contributed by atoms with van der Waals surface area (Å²) >= 11 is 0. The Morgan fingerprint density at radius 1 is 0.933 bits per heavy atom. The average Bonchev–Trinajstić information content (AvgIpc) is 2.68. The van der Waals surface area contributed by atoms with Gasteiger partial charge in [0.2, 0.25) is 34.8 Å². The van der Waals surface area contributed by atoms with Gasteiger partial charge in [0.05, 0.1) is 6.61 Å². The van der Waals surface area contributed by atoms with Gasteiger partial charge in [-0.2, -0.15) is 13.9 Å². The molecule has 0 amide bonds. The first kappa shape index (κ1) is 23.6. The zero-order valence-electron chi connectivity index (χ0n) is 16.0. The molecule has 0 fully saturated rings. The van der Waals surface area contributed by atoms with Crippen molar-refractivity contribution in [1.82, 2.24) is 5.09 Å². The van der Waals surface area contributed by atoms with Gasteiger partial charge >= 0.3 is 13.7 Å². The standard InChI is InChI=1S/C18H17F5NO5P/c1-4-27-17(25)18(2,3)24-30(26,28-10-8-6-5-7-9-10)29-16-14(22)12(20)11(19)13(21)15(16)23/h5-9H,4H2,1-3H3,(H,24,26). The Morgan fingerprint density at radius 3 is 1.93 bits per heavy atom. The molecule has 1 unspecified atom stereocenters. The molecule has 0 saturated heterocycles. The van der Waals surface area contributed by atoms with Crippen LogP contribution in [0.1, 0.15) is 20.8 Å². The summed E-state index contributed by atoms with van der Waals surface area (Å²) in [4.78, 5) is 12.1. The fraction of sp³-hybridized carbons (Fsp3) is 0.278. The Labute approximate surface area is 168 Å². The van der Waals surface area contributed by atoms with Gasteiger partial charge in [0.25, 0.3) is 0 Å². The van der Waals surface area contributed by atoms with Gasteiger partial charge in [-0.15, -0.1) is 0 Å². The second-order valence-corrected chi connectivity index (χ2v) is 7.93. The number of nitrogens with one attached hydrogen (secondary N) is 1. The molecule has 2 aromatic carbocycles. The van der Waals surface area contributed by atoms with E-state index in [4.69, 9.17) is 9.26 Å². The van der Waals surface area contributed by atoms with Crippen LogP contribution in [-0.2, 0) is 14.1 Å². The van der Waals surface area contributed by atoms with E-state index in [9.17, 15) is 31.3 Å². The third-order valence-electron chi connectivity index (χ3n) is 3.55. The molecule has 0 bridgehead atoms. The van der Waals surface area contributed by atoms with Gasteiger partial charge in [-0.1, -0.05) is 18.2 Å². The van der Waals surface area contributed by atoms with Crippen LogP contribution in [0.5, 0.6) is 11.5 Å². The predicted molar refractivity (Wildman–Crippen MR) is 95.4 cm³/mol. The largest absolute Gasteiger partial charge is 0.514 e. The van der Waals surface area contributed by atoms with E-state index in [-0.39, 0.29) is 12.4 Å². The quantitative estimate of drug-likeness (QED) is 0.202. The van der Waals surface area contributed by atoms with Gasteiger partial charge in [-0.25, -0.2) is 17.7 Å². The van der Waals surface area contributed by atoms with Crippen molar-refractivity contribution in [3.8, 4) is 11.5 Å². The summed E-state index contributed by atoms with van der Waals surface area (Å²) in [5.41, 5.74) is -1.80. The van der Waals surface area contributed by atoms with Crippen molar-refractivity contribution in [2.75, 3.05) is 6.61 Å². The molecule has 12 heteroatoms. The first-order chi connectivity index (χ1) is 13.9. The summed E-state index contributed by atoms with van der Waals surface area (Å²) in [6, 6.07) is 7.04. The number of esters is 1. The molecule has 1 atom stereocenters. The maximum absolute atomic E-state index is 14.0. The minimum Gasteiger partial charge on any atom is -0.465 e. The number of ether oxygens (including phenoxy) is 1. The predicted octanol–water partition coefficient (Wildman–Crippen LogP) is 4.88. The van der Waals surface area contributed by atoms with E-state index in [0.717, 1.165) is 0 Å².